The second kappa shape index (κ2) is 7.61. The number of nitrogens with one attached hydrogen (secondary N) is 1. The highest BCUT2D eigenvalue weighted by Crippen LogP contribution is 2.07. The van der Waals surface area contributed by atoms with E-state index in [1.807, 2.05) is 0 Å². The van der Waals surface area contributed by atoms with Gasteiger partial charge in [0, 0.05) is 19.1 Å². The van der Waals surface area contributed by atoms with E-state index >= 15 is 0 Å². The van der Waals surface area contributed by atoms with E-state index in [2.05, 4.69) is 30.1 Å². The van der Waals surface area contributed by atoms with Crippen molar-refractivity contribution in [1.82, 2.24) is 10.2 Å². The first-order chi connectivity index (χ1) is 7.77. The van der Waals surface area contributed by atoms with Crippen molar-refractivity contribution in [3.8, 4) is 6.07 Å². The summed E-state index contributed by atoms with van der Waals surface area (Å²) < 4.78 is 5.39. The van der Waals surface area contributed by atoms with Crippen molar-refractivity contribution in [2.24, 2.45) is 0 Å². The predicted octanol–water partition coefficient (Wildman–Crippen LogP) is 0.989. The summed E-state index contributed by atoms with van der Waals surface area (Å²) in [5.74, 6) is 0. The molecule has 0 saturated carbocycles. The van der Waals surface area contributed by atoms with Crippen LogP contribution < -0.4 is 5.32 Å². The van der Waals surface area contributed by atoms with E-state index < -0.39 is 0 Å². The van der Waals surface area contributed by atoms with Crippen LogP contribution in [0, 0.1) is 11.3 Å². The SMILES string of the molecule is CCCNC(C#N)CCN1CCOCC1C. The van der Waals surface area contributed by atoms with Gasteiger partial charge in [-0.15, -0.1) is 0 Å². The molecule has 0 amide bonds. The third-order valence-corrected chi connectivity index (χ3v) is 3.01. The fourth-order valence-corrected chi connectivity index (χ4v) is 1.92. The van der Waals surface area contributed by atoms with Crippen molar-refractivity contribution >= 4 is 0 Å². The Hall–Kier alpha value is -0.630. The van der Waals surface area contributed by atoms with Crippen LogP contribution in [0.25, 0.3) is 0 Å². The van der Waals surface area contributed by atoms with Crippen LogP contribution in [0.4, 0.5) is 0 Å². The van der Waals surface area contributed by atoms with Gasteiger partial charge in [-0.25, -0.2) is 0 Å². The van der Waals surface area contributed by atoms with E-state index in [1.165, 1.54) is 0 Å². The van der Waals surface area contributed by atoms with Crippen LogP contribution in [0.3, 0.4) is 0 Å². The second-order valence-electron chi connectivity index (χ2n) is 4.38. The minimum atomic E-state index is -0.00463. The molecule has 92 valence electrons. The summed E-state index contributed by atoms with van der Waals surface area (Å²) in [6, 6.07) is 2.80. The van der Waals surface area contributed by atoms with Crippen LogP contribution in [-0.2, 0) is 4.74 Å². The lowest BCUT2D eigenvalue weighted by Crippen LogP contribution is -2.45. The molecule has 0 aromatic carbocycles. The maximum atomic E-state index is 8.99. The van der Waals surface area contributed by atoms with Crippen molar-refractivity contribution in [2.75, 3.05) is 32.8 Å². The molecule has 1 fully saturated rings. The zero-order valence-corrected chi connectivity index (χ0v) is 10.4. The molecule has 1 heterocycles. The lowest BCUT2D eigenvalue weighted by Gasteiger charge is -2.33. The zero-order chi connectivity index (χ0) is 11.8. The summed E-state index contributed by atoms with van der Waals surface area (Å²) >= 11 is 0. The number of ether oxygens (including phenoxy) is 1. The molecule has 16 heavy (non-hydrogen) atoms. The van der Waals surface area contributed by atoms with E-state index in [-0.39, 0.29) is 6.04 Å². The zero-order valence-electron chi connectivity index (χ0n) is 10.4. The number of rotatable bonds is 6. The fraction of sp³-hybridized carbons (Fsp3) is 0.917. The summed E-state index contributed by atoms with van der Waals surface area (Å²) in [4.78, 5) is 2.40. The lowest BCUT2D eigenvalue weighted by atomic mass is 10.1. The van der Waals surface area contributed by atoms with E-state index in [9.17, 15) is 0 Å². The Balaban J connectivity index is 2.23. The lowest BCUT2D eigenvalue weighted by molar-refractivity contribution is -0.00121. The van der Waals surface area contributed by atoms with Crippen LogP contribution in [-0.4, -0.2) is 49.8 Å². The molecule has 2 atom stereocenters. The normalized spacial score (nSPS) is 23.9. The van der Waals surface area contributed by atoms with Crippen LogP contribution >= 0.6 is 0 Å². The third kappa shape index (κ3) is 4.48. The quantitative estimate of drug-likeness (QED) is 0.732. The minimum Gasteiger partial charge on any atom is -0.379 e. The van der Waals surface area contributed by atoms with Gasteiger partial charge < -0.3 is 10.1 Å². The van der Waals surface area contributed by atoms with Gasteiger partial charge in [0.05, 0.1) is 25.3 Å². The van der Waals surface area contributed by atoms with Gasteiger partial charge in [-0.3, -0.25) is 4.90 Å². The molecule has 4 heteroatoms. The summed E-state index contributed by atoms with van der Waals surface area (Å²) in [6.07, 6.45) is 1.98. The summed E-state index contributed by atoms with van der Waals surface area (Å²) in [7, 11) is 0. The topological polar surface area (TPSA) is 48.3 Å². The van der Waals surface area contributed by atoms with Crippen molar-refractivity contribution in [2.45, 2.75) is 38.8 Å². The van der Waals surface area contributed by atoms with Crippen molar-refractivity contribution in [3.63, 3.8) is 0 Å². The van der Waals surface area contributed by atoms with Crippen molar-refractivity contribution in [3.05, 3.63) is 0 Å². The van der Waals surface area contributed by atoms with Gasteiger partial charge in [-0.2, -0.15) is 5.26 Å². The van der Waals surface area contributed by atoms with Gasteiger partial charge in [-0.05, 0) is 26.3 Å². The molecule has 0 spiro atoms. The minimum absolute atomic E-state index is 0.00463. The highest BCUT2D eigenvalue weighted by atomic mass is 16.5. The van der Waals surface area contributed by atoms with E-state index in [4.69, 9.17) is 10.00 Å². The Morgan fingerprint density at radius 1 is 1.62 bits per heavy atom. The standard InChI is InChI=1S/C12H23N3O/c1-3-5-14-12(9-13)4-6-15-7-8-16-10-11(15)2/h11-12,14H,3-8,10H2,1-2H3. The average Bonchev–Trinajstić information content (AvgIpc) is 2.31. The molecule has 4 nitrogen and oxygen atoms in total. The molecule has 0 bridgehead atoms. The Morgan fingerprint density at radius 3 is 3.06 bits per heavy atom. The molecule has 0 aliphatic carbocycles. The smallest absolute Gasteiger partial charge is 0.0965 e. The van der Waals surface area contributed by atoms with E-state index in [1.54, 1.807) is 0 Å². The highest BCUT2D eigenvalue weighted by Gasteiger charge is 2.19. The molecule has 0 aromatic heterocycles. The van der Waals surface area contributed by atoms with Gasteiger partial charge in [0.15, 0.2) is 0 Å². The molecular weight excluding hydrogens is 202 g/mol. The summed E-state index contributed by atoms with van der Waals surface area (Å²) in [5.41, 5.74) is 0. The fourth-order valence-electron chi connectivity index (χ4n) is 1.92. The monoisotopic (exact) mass is 225 g/mol. The molecule has 1 aliphatic rings. The van der Waals surface area contributed by atoms with Gasteiger partial charge in [0.2, 0.25) is 0 Å². The highest BCUT2D eigenvalue weighted by molar-refractivity contribution is 4.90. The molecule has 1 saturated heterocycles. The number of hydrogen-bond acceptors (Lipinski definition) is 4. The molecule has 1 rings (SSSR count). The van der Waals surface area contributed by atoms with Crippen molar-refractivity contribution in [1.29, 1.82) is 5.26 Å². The molecular formula is C12H23N3O. The first-order valence-corrected chi connectivity index (χ1v) is 6.22. The Labute approximate surface area is 98.6 Å². The summed E-state index contributed by atoms with van der Waals surface area (Å²) in [6.45, 7) is 8.85. The first kappa shape index (κ1) is 13.4. The van der Waals surface area contributed by atoms with E-state index in [0.29, 0.717) is 6.04 Å². The molecule has 2 unspecified atom stereocenters. The van der Waals surface area contributed by atoms with Crippen LogP contribution in [0.5, 0.6) is 0 Å². The Kier molecular flexibility index (Phi) is 6.39. The first-order valence-electron chi connectivity index (χ1n) is 6.22. The molecule has 1 aliphatic heterocycles. The Bertz CT molecular complexity index is 227. The number of nitriles is 1. The number of morpholine rings is 1. The van der Waals surface area contributed by atoms with Gasteiger partial charge >= 0.3 is 0 Å². The number of nitrogens with zero attached hydrogens (tertiary/aromatic N) is 2. The van der Waals surface area contributed by atoms with Crippen LogP contribution in [0.2, 0.25) is 0 Å². The Morgan fingerprint density at radius 2 is 2.44 bits per heavy atom. The molecule has 1 N–H and O–H groups in total. The van der Waals surface area contributed by atoms with Crippen molar-refractivity contribution < 1.29 is 4.74 Å². The molecule has 0 aromatic rings. The van der Waals surface area contributed by atoms with Gasteiger partial charge in [0.25, 0.3) is 0 Å². The van der Waals surface area contributed by atoms with Crippen LogP contribution in [0.15, 0.2) is 0 Å². The maximum Gasteiger partial charge on any atom is 0.0965 e. The van der Waals surface area contributed by atoms with Gasteiger partial charge in [0.1, 0.15) is 0 Å². The average molecular weight is 225 g/mol. The van der Waals surface area contributed by atoms with Crippen LogP contribution in [0.1, 0.15) is 26.7 Å². The maximum absolute atomic E-state index is 8.99. The van der Waals surface area contributed by atoms with E-state index in [0.717, 1.165) is 45.7 Å². The molecule has 0 radical (unpaired) electrons. The summed E-state index contributed by atoms with van der Waals surface area (Å²) in [5, 5.41) is 12.2. The van der Waals surface area contributed by atoms with Gasteiger partial charge in [-0.1, -0.05) is 6.92 Å². The largest absolute Gasteiger partial charge is 0.379 e. The predicted molar refractivity (Wildman–Crippen MR) is 64.2 cm³/mol. The number of hydrogen-bond donors (Lipinski definition) is 1. The second-order valence-corrected chi connectivity index (χ2v) is 4.38. The third-order valence-electron chi connectivity index (χ3n) is 3.01.